The van der Waals surface area contributed by atoms with E-state index in [4.69, 9.17) is 4.74 Å². The molecule has 1 aliphatic heterocycles. The molecule has 24 heavy (non-hydrogen) atoms. The van der Waals surface area contributed by atoms with E-state index in [0.29, 0.717) is 19.1 Å². The van der Waals surface area contributed by atoms with Crippen molar-refractivity contribution in [3.05, 3.63) is 60.2 Å². The molecule has 0 saturated carbocycles. The van der Waals surface area contributed by atoms with Gasteiger partial charge in [-0.2, -0.15) is 0 Å². The van der Waals surface area contributed by atoms with Gasteiger partial charge >= 0.3 is 0 Å². The number of hydrogen-bond donors (Lipinski definition) is 2. The van der Waals surface area contributed by atoms with Crippen molar-refractivity contribution < 1.29 is 9.53 Å². The number of amides is 1. The molecule has 2 aromatic carbocycles. The fraction of sp³-hybridized carbons (Fsp3) is 0.350. The standard InChI is InChI=1S/C20H24N2O2/c23-20(13-10-17-7-4-14-21-17)22-18-8-11-19(12-9-18)24-15-16-5-2-1-3-6-16/h1-3,5-6,8-9,11-12,17,21H,4,7,10,13-15H2,(H,22,23). The number of carbonyl (C=O) groups is 1. The molecular weight excluding hydrogens is 300 g/mol. The lowest BCUT2D eigenvalue weighted by molar-refractivity contribution is -0.116. The van der Waals surface area contributed by atoms with Gasteiger partial charge in [0.15, 0.2) is 0 Å². The SMILES string of the molecule is O=C(CCC1CCCN1)Nc1ccc(OCc2ccccc2)cc1. The molecule has 0 spiro atoms. The Kier molecular flexibility index (Phi) is 5.85. The summed E-state index contributed by atoms with van der Waals surface area (Å²) in [4.78, 5) is 12.0. The van der Waals surface area contributed by atoms with Crippen LogP contribution in [0.4, 0.5) is 5.69 Å². The summed E-state index contributed by atoms with van der Waals surface area (Å²) in [7, 11) is 0. The number of carbonyl (C=O) groups excluding carboxylic acids is 1. The summed E-state index contributed by atoms with van der Waals surface area (Å²) in [6.45, 7) is 1.62. The second kappa shape index (κ2) is 8.50. The average molecular weight is 324 g/mol. The molecule has 0 aromatic heterocycles. The van der Waals surface area contributed by atoms with Crippen molar-refractivity contribution in [2.75, 3.05) is 11.9 Å². The summed E-state index contributed by atoms with van der Waals surface area (Å²) in [6, 6.07) is 18.1. The Morgan fingerprint density at radius 3 is 2.62 bits per heavy atom. The first-order valence-corrected chi connectivity index (χ1v) is 8.59. The highest BCUT2D eigenvalue weighted by molar-refractivity contribution is 5.90. The second-order valence-corrected chi connectivity index (χ2v) is 6.18. The van der Waals surface area contributed by atoms with Gasteiger partial charge in [0.1, 0.15) is 12.4 Å². The molecule has 4 heteroatoms. The third-order valence-corrected chi connectivity index (χ3v) is 4.27. The third kappa shape index (κ3) is 5.10. The predicted molar refractivity (Wildman–Crippen MR) is 96.1 cm³/mol. The largest absolute Gasteiger partial charge is 0.489 e. The minimum atomic E-state index is 0.0710. The maximum Gasteiger partial charge on any atom is 0.224 e. The molecule has 1 heterocycles. The average Bonchev–Trinajstić information content (AvgIpc) is 3.14. The predicted octanol–water partition coefficient (Wildman–Crippen LogP) is 3.74. The first-order valence-electron chi connectivity index (χ1n) is 8.59. The van der Waals surface area contributed by atoms with Crippen molar-refractivity contribution in [1.82, 2.24) is 5.32 Å². The number of benzene rings is 2. The molecular formula is C20H24N2O2. The zero-order chi connectivity index (χ0) is 16.6. The molecule has 2 aromatic rings. The van der Waals surface area contributed by atoms with E-state index in [1.54, 1.807) is 0 Å². The number of hydrogen-bond acceptors (Lipinski definition) is 3. The summed E-state index contributed by atoms with van der Waals surface area (Å²) in [5.74, 6) is 0.869. The van der Waals surface area contributed by atoms with E-state index in [-0.39, 0.29) is 5.91 Å². The lowest BCUT2D eigenvalue weighted by Crippen LogP contribution is -2.23. The van der Waals surface area contributed by atoms with Crippen molar-refractivity contribution in [3.8, 4) is 5.75 Å². The van der Waals surface area contributed by atoms with Crippen LogP contribution in [0.25, 0.3) is 0 Å². The fourth-order valence-electron chi connectivity index (χ4n) is 2.91. The van der Waals surface area contributed by atoms with Gasteiger partial charge < -0.3 is 15.4 Å². The van der Waals surface area contributed by atoms with Gasteiger partial charge in [0.2, 0.25) is 5.91 Å². The van der Waals surface area contributed by atoms with Crippen molar-refractivity contribution in [1.29, 1.82) is 0 Å². The highest BCUT2D eigenvalue weighted by Crippen LogP contribution is 2.18. The Morgan fingerprint density at radius 1 is 1.12 bits per heavy atom. The molecule has 1 unspecified atom stereocenters. The van der Waals surface area contributed by atoms with Gasteiger partial charge in [-0.25, -0.2) is 0 Å². The van der Waals surface area contributed by atoms with Crippen LogP contribution in [0.5, 0.6) is 5.75 Å². The molecule has 1 saturated heterocycles. The van der Waals surface area contributed by atoms with Crippen molar-refractivity contribution in [2.45, 2.75) is 38.3 Å². The van der Waals surface area contributed by atoms with Gasteiger partial charge in [-0.3, -0.25) is 4.79 Å². The van der Waals surface area contributed by atoms with Gasteiger partial charge in [0.05, 0.1) is 0 Å². The summed E-state index contributed by atoms with van der Waals surface area (Å²) in [5.41, 5.74) is 1.95. The Bertz CT molecular complexity index is 634. The van der Waals surface area contributed by atoms with Crippen LogP contribution >= 0.6 is 0 Å². The quantitative estimate of drug-likeness (QED) is 0.816. The van der Waals surface area contributed by atoms with Gasteiger partial charge in [-0.15, -0.1) is 0 Å². The molecule has 3 rings (SSSR count). The number of rotatable bonds is 7. The first-order chi connectivity index (χ1) is 11.8. The molecule has 2 N–H and O–H groups in total. The van der Waals surface area contributed by atoms with Crippen molar-refractivity contribution >= 4 is 11.6 Å². The van der Waals surface area contributed by atoms with E-state index in [2.05, 4.69) is 10.6 Å². The summed E-state index contributed by atoms with van der Waals surface area (Å²) in [5, 5.41) is 6.36. The van der Waals surface area contributed by atoms with E-state index in [1.165, 1.54) is 12.8 Å². The van der Waals surface area contributed by atoms with Crippen LogP contribution in [0.2, 0.25) is 0 Å². The normalized spacial score (nSPS) is 16.8. The van der Waals surface area contributed by atoms with Crippen LogP contribution in [0.15, 0.2) is 54.6 Å². The van der Waals surface area contributed by atoms with Crippen LogP contribution in [0.1, 0.15) is 31.2 Å². The summed E-state index contributed by atoms with van der Waals surface area (Å²) < 4.78 is 5.75. The van der Waals surface area contributed by atoms with Crippen LogP contribution in [0.3, 0.4) is 0 Å². The lowest BCUT2D eigenvalue weighted by Gasteiger charge is -2.11. The zero-order valence-electron chi connectivity index (χ0n) is 13.8. The van der Waals surface area contributed by atoms with Crippen molar-refractivity contribution in [2.24, 2.45) is 0 Å². The molecule has 0 aliphatic carbocycles. The maximum atomic E-state index is 12.0. The molecule has 1 atom stereocenters. The molecule has 126 valence electrons. The molecule has 0 bridgehead atoms. The molecule has 4 nitrogen and oxygen atoms in total. The van der Waals surface area contributed by atoms with Crippen LogP contribution in [-0.2, 0) is 11.4 Å². The first kappa shape index (κ1) is 16.5. The minimum Gasteiger partial charge on any atom is -0.489 e. The van der Waals surface area contributed by atoms with E-state index in [0.717, 1.165) is 30.0 Å². The molecule has 1 fully saturated rings. The van der Waals surface area contributed by atoms with Crippen LogP contribution < -0.4 is 15.4 Å². The Balaban J connectivity index is 1.42. The van der Waals surface area contributed by atoms with Gasteiger partial charge in [0, 0.05) is 18.2 Å². The fourth-order valence-corrected chi connectivity index (χ4v) is 2.91. The minimum absolute atomic E-state index is 0.0710. The van der Waals surface area contributed by atoms with E-state index in [1.807, 2.05) is 54.6 Å². The number of nitrogens with one attached hydrogen (secondary N) is 2. The number of anilines is 1. The second-order valence-electron chi connectivity index (χ2n) is 6.18. The molecule has 1 amide bonds. The maximum absolute atomic E-state index is 12.0. The lowest BCUT2D eigenvalue weighted by atomic mass is 10.1. The highest BCUT2D eigenvalue weighted by atomic mass is 16.5. The topological polar surface area (TPSA) is 50.4 Å². The zero-order valence-corrected chi connectivity index (χ0v) is 13.8. The van der Waals surface area contributed by atoms with E-state index in [9.17, 15) is 4.79 Å². The smallest absolute Gasteiger partial charge is 0.224 e. The Hall–Kier alpha value is -2.33. The number of ether oxygens (including phenoxy) is 1. The van der Waals surface area contributed by atoms with Gasteiger partial charge in [0.25, 0.3) is 0 Å². The van der Waals surface area contributed by atoms with Gasteiger partial charge in [-0.1, -0.05) is 30.3 Å². The van der Waals surface area contributed by atoms with Crippen LogP contribution in [0, 0.1) is 0 Å². The van der Waals surface area contributed by atoms with Crippen LogP contribution in [-0.4, -0.2) is 18.5 Å². The third-order valence-electron chi connectivity index (χ3n) is 4.27. The Morgan fingerprint density at radius 2 is 1.92 bits per heavy atom. The molecule has 1 aliphatic rings. The van der Waals surface area contributed by atoms with Crippen molar-refractivity contribution in [3.63, 3.8) is 0 Å². The van der Waals surface area contributed by atoms with E-state index >= 15 is 0 Å². The Labute approximate surface area is 143 Å². The van der Waals surface area contributed by atoms with E-state index < -0.39 is 0 Å². The summed E-state index contributed by atoms with van der Waals surface area (Å²) >= 11 is 0. The molecule has 0 radical (unpaired) electrons. The highest BCUT2D eigenvalue weighted by Gasteiger charge is 2.15. The van der Waals surface area contributed by atoms with Gasteiger partial charge in [-0.05, 0) is 55.6 Å². The monoisotopic (exact) mass is 324 g/mol. The summed E-state index contributed by atoms with van der Waals surface area (Å²) in [6.07, 6.45) is 3.87.